The fourth-order valence-corrected chi connectivity index (χ4v) is 4.25. The maximum Gasteiger partial charge on any atom is 0.255 e. The van der Waals surface area contributed by atoms with Crippen molar-refractivity contribution in [3.8, 4) is 0 Å². The zero-order valence-electron chi connectivity index (χ0n) is 14.3. The smallest absolute Gasteiger partial charge is 0.255 e. The molecule has 1 N–H and O–H groups in total. The van der Waals surface area contributed by atoms with Crippen LogP contribution in [0.25, 0.3) is 0 Å². The number of nitrogens with one attached hydrogen (secondary N) is 1. The van der Waals surface area contributed by atoms with E-state index in [9.17, 15) is 4.79 Å². The minimum atomic E-state index is -0.0735. The van der Waals surface area contributed by atoms with E-state index in [1.807, 2.05) is 55.5 Å². The van der Waals surface area contributed by atoms with Gasteiger partial charge >= 0.3 is 0 Å². The summed E-state index contributed by atoms with van der Waals surface area (Å²) in [6.07, 6.45) is 0.892. The zero-order valence-corrected chi connectivity index (χ0v) is 15.9. The second-order valence-corrected chi connectivity index (χ2v) is 7.79. The molecule has 0 aliphatic carbocycles. The van der Waals surface area contributed by atoms with Crippen LogP contribution in [0.2, 0.25) is 0 Å². The number of hydrogen-bond acceptors (Lipinski definition) is 4. The fraction of sp³-hybridized carbons (Fsp3) is 0.200. The van der Waals surface area contributed by atoms with Gasteiger partial charge in [0, 0.05) is 28.1 Å². The fourth-order valence-electron chi connectivity index (χ4n) is 2.44. The monoisotopic (exact) mass is 368 g/mol. The van der Waals surface area contributed by atoms with Gasteiger partial charge in [-0.15, -0.1) is 11.3 Å². The lowest BCUT2D eigenvalue weighted by Gasteiger charge is -2.10. The van der Waals surface area contributed by atoms with Crippen LogP contribution < -0.4 is 5.32 Å². The van der Waals surface area contributed by atoms with Crippen LogP contribution in [-0.4, -0.2) is 10.9 Å². The van der Waals surface area contributed by atoms with E-state index in [-0.39, 0.29) is 5.91 Å². The number of aromatic nitrogens is 1. The molecule has 0 bridgehead atoms. The first-order valence-corrected chi connectivity index (χ1v) is 10.1. The molecule has 0 saturated heterocycles. The van der Waals surface area contributed by atoms with Gasteiger partial charge in [-0.3, -0.25) is 4.79 Å². The molecule has 3 nitrogen and oxygen atoms in total. The zero-order chi connectivity index (χ0) is 17.6. The number of anilines is 1. The summed E-state index contributed by atoms with van der Waals surface area (Å²) in [4.78, 5) is 16.9. The molecular formula is C20H20N2OS2. The SMILES string of the molecule is CCc1ccccc1NC(=O)c1ccc(CSc2nc(C)cs2)cc1. The number of amides is 1. The molecule has 0 saturated carbocycles. The molecule has 3 aromatic rings. The third-order valence-corrected chi connectivity index (χ3v) is 6.03. The molecular weight excluding hydrogens is 348 g/mol. The van der Waals surface area contributed by atoms with Crippen molar-refractivity contribution in [1.29, 1.82) is 0 Å². The lowest BCUT2D eigenvalue weighted by molar-refractivity contribution is 0.102. The summed E-state index contributed by atoms with van der Waals surface area (Å²) in [6.45, 7) is 4.09. The van der Waals surface area contributed by atoms with Gasteiger partial charge in [-0.2, -0.15) is 0 Å². The molecule has 0 fully saturated rings. The molecule has 1 heterocycles. The van der Waals surface area contributed by atoms with Crippen molar-refractivity contribution in [2.75, 3.05) is 5.32 Å². The predicted octanol–water partition coefficient (Wildman–Crippen LogP) is 5.56. The van der Waals surface area contributed by atoms with Crippen molar-refractivity contribution in [2.24, 2.45) is 0 Å². The Hall–Kier alpha value is -2.11. The first kappa shape index (κ1) is 17.7. The molecule has 25 heavy (non-hydrogen) atoms. The molecule has 5 heteroatoms. The summed E-state index contributed by atoms with van der Waals surface area (Å²) in [7, 11) is 0. The summed E-state index contributed by atoms with van der Waals surface area (Å²) in [5, 5.41) is 5.06. The lowest BCUT2D eigenvalue weighted by Crippen LogP contribution is -2.13. The number of nitrogens with zero attached hydrogens (tertiary/aromatic N) is 1. The van der Waals surface area contributed by atoms with Crippen LogP contribution in [0.4, 0.5) is 5.69 Å². The van der Waals surface area contributed by atoms with Crippen LogP contribution in [-0.2, 0) is 12.2 Å². The molecule has 0 unspecified atom stereocenters. The summed E-state index contributed by atoms with van der Waals surface area (Å²) >= 11 is 3.39. The highest BCUT2D eigenvalue weighted by Crippen LogP contribution is 2.26. The molecule has 0 aliphatic rings. The van der Waals surface area contributed by atoms with Gasteiger partial charge in [0.05, 0.1) is 0 Å². The Kier molecular flexibility index (Phi) is 5.89. The first-order chi connectivity index (χ1) is 12.2. The van der Waals surface area contributed by atoms with Crippen molar-refractivity contribution in [3.63, 3.8) is 0 Å². The average molecular weight is 369 g/mol. The van der Waals surface area contributed by atoms with Gasteiger partial charge < -0.3 is 5.32 Å². The minimum absolute atomic E-state index is 0.0735. The van der Waals surface area contributed by atoms with Crippen molar-refractivity contribution in [3.05, 3.63) is 76.3 Å². The number of para-hydroxylation sites is 1. The number of thioether (sulfide) groups is 1. The molecule has 0 aliphatic heterocycles. The second kappa shape index (κ2) is 8.32. The number of carbonyl (C=O) groups excluding carboxylic acids is 1. The number of benzene rings is 2. The first-order valence-electron chi connectivity index (χ1n) is 8.19. The third kappa shape index (κ3) is 4.71. The average Bonchev–Trinajstić information content (AvgIpc) is 3.06. The van der Waals surface area contributed by atoms with Gasteiger partial charge in [-0.05, 0) is 42.7 Å². The molecule has 0 radical (unpaired) electrons. The van der Waals surface area contributed by atoms with E-state index >= 15 is 0 Å². The van der Waals surface area contributed by atoms with Crippen LogP contribution in [0.1, 0.15) is 34.1 Å². The van der Waals surface area contributed by atoms with E-state index in [4.69, 9.17) is 0 Å². The summed E-state index contributed by atoms with van der Waals surface area (Å²) in [5.41, 5.74) is 4.94. The highest BCUT2D eigenvalue weighted by molar-refractivity contribution is 8.00. The van der Waals surface area contributed by atoms with Crippen LogP contribution in [0.3, 0.4) is 0 Å². The molecule has 1 amide bonds. The molecule has 3 rings (SSSR count). The second-order valence-electron chi connectivity index (χ2n) is 5.71. The molecule has 128 valence electrons. The number of thiazole rings is 1. The third-order valence-electron chi connectivity index (χ3n) is 3.82. The minimum Gasteiger partial charge on any atom is -0.322 e. The van der Waals surface area contributed by atoms with Gasteiger partial charge in [0.1, 0.15) is 4.34 Å². The lowest BCUT2D eigenvalue weighted by atomic mass is 10.1. The Labute approximate surface area is 156 Å². The Morgan fingerprint density at radius 2 is 1.92 bits per heavy atom. The molecule has 0 spiro atoms. The van der Waals surface area contributed by atoms with Crippen molar-refractivity contribution in [1.82, 2.24) is 4.98 Å². The maximum atomic E-state index is 12.5. The summed E-state index contributed by atoms with van der Waals surface area (Å²) < 4.78 is 1.08. The maximum absolute atomic E-state index is 12.5. The predicted molar refractivity (Wildman–Crippen MR) is 107 cm³/mol. The van der Waals surface area contributed by atoms with Crippen LogP contribution >= 0.6 is 23.1 Å². The number of hydrogen-bond donors (Lipinski definition) is 1. The summed E-state index contributed by atoms with van der Waals surface area (Å²) in [6, 6.07) is 15.7. The molecule has 1 aromatic heterocycles. The van der Waals surface area contributed by atoms with Gasteiger partial charge in [0.2, 0.25) is 0 Å². The number of aryl methyl sites for hydroxylation is 2. The normalized spacial score (nSPS) is 10.6. The van der Waals surface area contributed by atoms with Gasteiger partial charge in [-0.25, -0.2) is 4.98 Å². The highest BCUT2D eigenvalue weighted by Gasteiger charge is 2.08. The van der Waals surface area contributed by atoms with E-state index in [1.165, 1.54) is 5.56 Å². The van der Waals surface area contributed by atoms with Gasteiger partial charge in [-0.1, -0.05) is 49.0 Å². The Balaban J connectivity index is 1.62. The van der Waals surface area contributed by atoms with Gasteiger partial charge in [0.25, 0.3) is 5.91 Å². The summed E-state index contributed by atoms with van der Waals surface area (Å²) in [5.74, 6) is 0.781. The van der Waals surface area contributed by atoms with E-state index < -0.39 is 0 Å². The number of rotatable bonds is 6. The van der Waals surface area contributed by atoms with Crippen LogP contribution in [0.15, 0.2) is 58.3 Å². The molecule has 2 aromatic carbocycles. The van der Waals surface area contributed by atoms with E-state index in [2.05, 4.69) is 22.6 Å². The van der Waals surface area contributed by atoms with Gasteiger partial charge in [0.15, 0.2) is 0 Å². The van der Waals surface area contributed by atoms with Crippen LogP contribution in [0, 0.1) is 6.92 Å². The molecule has 0 atom stereocenters. The Morgan fingerprint density at radius 1 is 1.16 bits per heavy atom. The van der Waals surface area contributed by atoms with Crippen molar-refractivity contribution >= 4 is 34.7 Å². The quantitative estimate of drug-likeness (QED) is 0.579. The van der Waals surface area contributed by atoms with Crippen molar-refractivity contribution in [2.45, 2.75) is 30.4 Å². The Morgan fingerprint density at radius 3 is 2.60 bits per heavy atom. The van der Waals surface area contributed by atoms with E-state index in [0.29, 0.717) is 5.56 Å². The van der Waals surface area contributed by atoms with Crippen LogP contribution in [0.5, 0.6) is 0 Å². The largest absolute Gasteiger partial charge is 0.322 e. The number of carbonyl (C=O) groups is 1. The topological polar surface area (TPSA) is 42.0 Å². The van der Waals surface area contributed by atoms with Crippen molar-refractivity contribution < 1.29 is 4.79 Å². The highest BCUT2D eigenvalue weighted by atomic mass is 32.2. The Bertz CT molecular complexity index is 856. The standard InChI is InChI=1S/C20H20N2OS2/c1-3-16-6-4-5-7-18(16)22-19(23)17-10-8-15(9-11-17)13-25-20-21-14(2)12-24-20/h4-12H,3,13H2,1-2H3,(H,22,23). The van der Waals surface area contributed by atoms with E-state index in [0.717, 1.165) is 33.5 Å². The van der Waals surface area contributed by atoms with E-state index in [1.54, 1.807) is 23.1 Å².